The largest absolute Gasteiger partial charge is 0.496 e. The van der Waals surface area contributed by atoms with Gasteiger partial charge in [0.05, 0.1) is 7.11 Å². The van der Waals surface area contributed by atoms with Crippen LogP contribution in [0.1, 0.15) is 49.8 Å². The van der Waals surface area contributed by atoms with Gasteiger partial charge in [-0.2, -0.15) is 0 Å². The summed E-state index contributed by atoms with van der Waals surface area (Å²) in [4.78, 5) is 0. The topological polar surface area (TPSA) is 61.3 Å². The third kappa shape index (κ3) is 3.72. The van der Waals surface area contributed by atoms with Gasteiger partial charge in [-0.15, -0.1) is 0 Å². The van der Waals surface area contributed by atoms with E-state index in [1.54, 1.807) is 7.11 Å². The lowest BCUT2D eigenvalue weighted by Gasteiger charge is -2.17. The van der Waals surface area contributed by atoms with Crippen molar-refractivity contribution in [3.05, 3.63) is 29.3 Å². The minimum absolute atomic E-state index is 0.0713. The Morgan fingerprint density at radius 2 is 2.00 bits per heavy atom. The Kier molecular flexibility index (Phi) is 5.45. The van der Waals surface area contributed by atoms with Crippen LogP contribution >= 0.6 is 0 Å². The molecule has 0 aliphatic rings. The van der Waals surface area contributed by atoms with Crippen molar-refractivity contribution in [2.24, 2.45) is 11.5 Å². The molecule has 0 saturated carbocycles. The molecule has 0 heterocycles. The number of methoxy groups -OCH3 is 1. The van der Waals surface area contributed by atoms with Gasteiger partial charge in [-0.25, -0.2) is 0 Å². The number of rotatable bonds is 6. The van der Waals surface area contributed by atoms with E-state index in [4.69, 9.17) is 16.2 Å². The number of ether oxygens (including phenoxy) is 1. The first-order chi connectivity index (χ1) is 8.10. The smallest absolute Gasteiger partial charge is 0.122 e. The molecule has 1 aromatic rings. The lowest BCUT2D eigenvalue weighted by Crippen LogP contribution is -2.13. The van der Waals surface area contributed by atoms with Crippen LogP contribution in [0.3, 0.4) is 0 Å². The zero-order valence-corrected chi connectivity index (χ0v) is 11.1. The Hall–Kier alpha value is -1.06. The zero-order chi connectivity index (χ0) is 12.8. The highest BCUT2D eigenvalue weighted by atomic mass is 16.5. The molecule has 1 rings (SSSR count). The van der Waals surface area contributed by atoms with Gasteiger partial charge in [0.1, 0.15) is 5.75 Å². The molecular weight excluding hydrogens is 212 g/mol. The van der Waals surface area contributed by atoms with Crippen LogP contribution in [-0.4, -0.2) is 13.7 Å². The lowest BCUT2D eigenvalue weighted by molar-refractivity contribution is 0.407. The van der Waals surface area contributed by atoms with Crippen LogP contribution in [-0.2, 0) is 0 Å². The maximum absolute atomic E-state index is 6.15. The Bertz CT molecular complexity index is 350. The summed E-state index contributed by atoms with van der Waals surface area (Å²) < 4.78 is 5.36. The van der Waals surface area contributed by atoms with Gasteiger partial charge in [0.25, 0.3) is 0 Å². The van der Waals surface area contributed by atoms with Gasteiger partial charge in [0, 0.05) is 6.04 Å². The number of nitrogens with two attached hydrogens (primary N) is 2. The summed E-state index contributed by atoms with van der Waals surface area (Å²) in [6.45, 7) is 5.01. The standard InChI is InChI=1S/C14H24N2O/c1-10(2)12-9-11(6-7-14(12)17-3)13(16)5-4-8-15/h6-7,9-10,13H,4-5,8,15-16H2,1-3H3. The molecule has 0 aliphatic carbocycles. The molecule has 0 bridgehead atoms. The fourth-order valence-corrected chi connectivity index (χ4v) is 1.94. The predicted molar refractivity (Wildman–Crippen MR) is 72.3 cm³/mol. The summed E-state index contributed by atoms with van der Waals surface area (Å²) in [7, 11) is 1.70. The van der Waals surface area contributed by atoms with Crippen LogP contribution in [0.25, 0.3) is 0 Å². The Labute approximate surface area is 104 Å². The maximum Gasteiger partial charge on any atom is 0.122 e. The maximum atomic E-state index is 6.15. The Morgan fingerprint density at radius 3 is 2.53 bits per heavy atom. The molecule has 3 nitrogen and oxygen atoms in total. The van der Waals surface area contributed by atoms with E-state index in [0.717, 1.165) is 18.6 Å². The SMILES string of the molecule is COc1ccc(C(N)CCCN)cc1C(C)C. The van der Waals surface area contributed by atoms with Crippen molar-refractivity contribution in [2.75, 3.05) is 13.7 Å². The molecular formula is C14H24N2O. The second-order valence-electron chi connectivity index (χ2n) is 4.69. The molecule has 0 radical (unpaired) electrons. The van der Waals surface area contributed by atoms with Crippen molar-refractivity contribution in [2.45, 2.75) is 38.6 Å². The fourth-order valence-electron chi connectivity index (χ4n) is 1.94. The van der Waals surface area contributed by atoms with Gasteiger partial charge >= 0.3 is 0 Å². The van der Waals surface area contributed by atoms with Gasteiger partial charge in [-0.1, -0.05) is 26.0 Å². The first-order valence-electron chi connectivity index (χ1n) is 6.23. The van der Waals surface area contributed by atoms with E-state index in [0.29, 0.717) is 12.5 Å². The second-order valence-corrected chi connectivity index (χ2v) is 4.69. The molecule has 1 unspecified atom stereocenters. The van der Waals surface area contributed by atoms with Crippen molar-refractivity contribution in [3.63, 3.8) is 0 Å². The summed E-state index contributed by atoms with van der Waals surface area (Å²) >= 11 is 0. The van der Waals surface area contributed by atoms with E-state index in [1.165, 1.54) is 11.1 Å². The lowest BCUT2D eigenvalue weighted by atomic mass is 9.95. The van der Waals surface area contributed by atoms with Crippen molar-refractivity contribution < 1.29 is 4.74 Å². The van der Waals surface area contributed by atoms with E-state index >= 15 is 0 Å². The summed E-state index contributed by atoms with van der Waals surface area (Å²) in [6.07, 6.45) is 1.89. The van der Waals surface area contributed by atoms with Crippen LogP contribution < -0.4 is 16.2 Å². The monoisotopic (exact) mass is 236 g/mol. The molecule has 1 aromatic carbocycles. The van der Waals surface area contributed by atoms with Crippen molar-refractivity contribution >= 4 is 0 Å². The highest BCUT2D eigenvalue weighted by Gasteiger charge is 2.11. The Balaban J connectivity index is 2.91. The quantitative estimate of drug-likeness (QED) is 0.798. The second kappa shape index (κ2) is 6.62. The first-order valence-corrected chi connectivity index (χ1v) is 6.23. The highest BCUT2D eigenvalue weighted by molar-refractivity contribution is 5.40. The van der Waals surface area contributed by atoms with Crippen molar-refractivity contribution in [1.29, 1.82) is 0 Å². The molecule has 3 heteroatoms. The van der Waals surface area contributed by atoms with E-state index in [2.05, 4.69) is 19.9 Å². The van der Waals surface area contributed by atoms with Gasteiger partial charge in [-0.05, 0) is 42.5 Å². The van der Waals surface area contributed by atoms with Crippen molar-refractivity contribution in [1.82, 2.24) is 0 Å². The minimum atomic E-state index is 0.0713. The summed E-state index contributed by atoms with van der Waals surface area (Å²) in [6, 6.07) is 6.28. The molecule has 1 atom stereocenters. The molecule has 0 fully saturated rings. The van der Waals surface area contributed by atoms with Crippen LogP contribution in [0.2, 0.25) is 0 Å². The average molecular weight is 236 g/mol. The van der Waals surface area contributed by atoms with Gasteiger partial charge in [0.2, 0.25) is 0 Å². The molecule has 17 heavy (non-hydrogen) atoms. The minimum Gasteiger partial charge on any atom is -0.496 e. The molecule has 0 aromatic heterocycles. The van der Waals surface area contributed by atoms with Crippen molar-refractivity contribution in [3.8, 4) is 5.75 Å². The van der Waals surface area contributed by atoms with E-state index < -0.39 is 0 Å². The van der Waals surface area contributed by atoms with E-state index in [1.807, 2.05) is 12.1 Å². The van der Waals surface area contributed by atoms with Gasteiger partial charge < -0.3 is 16.2 Å². The van der Waals surface area contributed by atoms with Crippen LogP contribution in [0.5, 0.6) is 5.75 Å². The molecule has 0 amide bonds. The predicted octanol–water partition coefficient (Wildman–Crippen LogP) is 2.56. The zero-order valence-electron chi connectivity index (χ0n) is 11.1. The van der Waals surface area contributed by atoms with Gasteiger partial charge in [-0.3, -0.25) is 0 Å². The number of hydrogen-bond acceptors (Lipinski definition) is 3. The fraction of sp³-hybridized carbons (Fsp3) is 0.571. The third-order valence-electron chi connectivity index (χ3n) is 3.02. The summed E-state index contributed by atoms with van der Waals surface area (Å²) in [5.41, 5.74) is 14.0. The summed E-state index contributed by atoms with van der Waals surface area (Å²) in [5.74, 6) is 1.38. The highest BCUT2D eigenvalue weighted by Crippen LogP contribution is 2.29. The van der Waals surface area contributed by atoms with Crippen LogP contribution in [0, 0.1) is 0 Å². The summed E-state index contributed by atoms with van der Waals surface area (Å²) in [5, 5.41) is 0. The molecule has 0 aliphatic heterocycles. The molecule has 4 N–H and O–H groups in total. The average Bonchev–Trinajstić information content (AvgIpc) is 2.34. The normalized spacial score (nSPS) is 12.8. The van der Waals surface area contributed by atoms with Gasteiger partial charge in [0.15, 0.2) is 0 Å². The number of benzene rings is 1. The van der Waals surface area contributed by atoms with E-state index in [9.17, 15) is 0 Å². The molecule has 0 saturated heterocycles. The molecule has 96 valence electrons. The number of hydrogen-bond donors (Lipinski definition) is 2. The molecule has 0 spiro atoms. The Morgan fingerprint density at radius 1 is 1.29 bits per heavy atom. The van der Waals surface area contributed by atoms with E-state index in [-0.39, 0.29) is 6.04 Å². The first kappa shape index (κ1) is 14.0. The van der Waals surface area contributed by atoms with Crippen LogP contribution in [0.4, 0.5) is 0 Å². The van der Waals surface area contributed by atoms with Crippen LogP contribution in [0.15, 0.2) is 18.2 Å². The third-order valence-corrected chi connectivity index (χ3v) is 3.02.